The third kappa shape index (κ3) is 3.54. The van der Waals surface area contributed by atoms with Crippen molar-refractivity contribution in [2.24, 2.45) is 5.73 Å². The Hall–Kier alpha value is -1.40. The number of morpholine rings is 1. The van der Waals surface area contributed by atoms with Gasteiger partial charge in [-0.15, -0.1) is 0 Å². The Kier molecular flexibility index (Phi) is 4.93. The van der Waals surface area contributed by atoms with Crippen LogP contribution >= 0.6 is 0 Å². The van der Waals surface area contributed by atoms with Gasteiger partial charge in [0.2, 0.25) is 0 Å². The van der Waals surface area contributed by atoms with Gasteiger partial charge in [0.25, 0.3) is 0 Å². The van der Waals surface area contributed by atoms with Crippen molar-refractivity contribution in [3.05, 3.63) is 11.9 Å². The molecule has 0 aliphatic carbocycles. The molecule has 0 saturated carbocycles. The highest BCUT2D eigenvalue weighted by Gasteiger charge is 2.23. The lowest BCUT2D eigenvalue weighted by atomic mass is 10.2. The van der Waals surface area contributed by atoms with Crippen LogP contribution in [0.25, 0.3) is 0 Å². The lowest BCUT2D eigenvalue weighted by molar-refractivity contribution is 0.0958. The summed E-state index contributed by atoms with van der Waals surface area (Å²) in [5.74, 6) is 2.59. The second-order valence-corrected chi connectivity index (χ2v) is 4.74. The standard InChI is InChI=1S/C13H23N5O/c1-3-4-15-12-7-13(17-10(2)16-12)18-5-6-19-9-11(18)8-14/h7,11H,3-6,8-9,14H2,1-2H3,(H,15,16,17). The first-order valence-corrected chi connectivity index (χ1v) is 6.88. The second kappa shape index (κ2) is 6.68. The van der Waals surface area contributed by atoms with E-state index in [1.807, 2.05) is 13.0 Å². The van der Waals surface area contributed by atoms with E-state index in [-0.39, 0.29) is 6.04 Å². The summed E-state index contributed by atoms with van der Waals surface area (Å²) in [4.78, 5) is 11.2. The van der Waals surface area contributed by atoms with Gasteiger partial charge in [-0.2, -0.15) is 0 Å². The largest absolute Gasteiger partial charge is 0.377 e. The Bertz CT molecular complexity index is 412. The molecule has 106 valence electrons. The van der Waals surface area contributed by atoms with E-state index in [0.29, 0.717) is 13.2 Å². The van der Waals surface area contributed by atoms with E-state index in [4.69, 9.17) is 10.5 Å². The van der Waals surface area contributed by atoms with Gasteiger partial charge in [-0.3, -0.25) is 0 Å². The van der Waals surface area contributed by atoms with Crippen molar-refractivity contribution in [3.63, 3.8) is 0 Å². The zero-order valence-corrected chi connectivity index (χ0v) is 11.7. The summed E-state index contributed by atoms with van der Waals surface area (Å²) in [6.07, 6.45) is 1.07. The molecule has 1 aromatic heterocycles. The Balaban J connectivity index is 2.19. The fraction of sp³-hybridized carbons (Fsp3) is 0.692. The van der Waals surface area contributed by atoms with Crippen LogP contribution in [0.2, 0.25) is 0 Å². The van der Waals surface area contributed by atoms with E-state index in [0.717, 1.165) is 43.6 Å². The Labute approximate surface area is 114 Å². The summed E-state index contributed by atoms with van der Waals surface area (Å²) in [6, 6.07) is 2.19. The number of nitrogens with zero attached hydrogens (tertiary/aromatic N) is 3. The van der Waals surface area contributed by atoms with Crippen molar-refractivity contribution >= 4 is 11.6 Å². The number of hydrogen-bond acceptors (Lipinski definition) is 6. The van der Waals surface area contributed by atoms with E-state index >= 15 is 0 Å². The highest BCUT2D eigenvalue weighted by molar-refractivity contribution is 5.50. The van der Waals surface area contributed by atoms with Gasteiger partial charge < -0.3 is 20.7 Å². The summed E-state index contributed by atoms with van der Waals surface area (Å²) >= 11 is 0. The molecule has 0 bridgehead atoms. The van der Waals surface area contributed by atoms with Gasteiger partial charge in [0.15, 0.2) is 0 Å². The molecule has 3 N–H and O–H groups in total. The van der Waals surface area contributed by atoms with Crippen LogP contribution in [0.5, 0.6) is 0 Å². The highest BCUT2D eigenvalue weighted by atomic mass is 16.5. The molecule has 19 heavy (non-hydrogen) atoms. The number of nitrogens with one attached hydrogen (secondary N) is 1. The van der Waals surface area contributed by atoms with Crippen LogP contribution in [0.3, 0.4) is 0 Å². The number of rotatable bonds is 5. The average molecular weight is 265 g/mol. The van der Waals surface area contributed by atoms with Crippen molar-refractivity contribution in [2.75, 3.05) is 43.1 Å². The fourth-order valence-electron chi connectivity index (χ4n) is 2.19. The molecule has 1 aromatic rings. The maximum Gasteiger partial charge on any atom is 0.134 e. The number of ether oxygens (including phenoxy) is 1. The quantitative estimate of drug-likeness (QED) is 0.819. The van der Waals surface area contributed by atoms with Gasteiger partial charge in [-0.1, -0.05) is 6.92 Å². The summed E-state index contributed by atoms with van der Waals surface area (Å²) in [5.41, 5.74) is 5.81. The molecule has 0 aromatic carbocycles. The number of hydrogen-bond donors (Lipinski definition) is 2. The third-order valence-corrected chi connectivity index (χ3v) is 3.17. The van der Waals surface area contributed by atoms with Gasteiger partial charge in [0.1, 0.15) is 17.5 Å². The molecule has 1 atom stereocenters. The average Bonchev–Trinajstić information content (AvgIpc) is 2.44. The summed E-state index contributed by atoms with van der Waals surface area (Å²) < 4.78 is 5.47. The minimum Gasteiger partial charge on any atom is -0.377 e. The van der Waals surface area contributed by atoms with E-state index in [2.05, 4.69) is 27.1 Å². The van der Waals surface area contributed by atoms with Crippen LogP contribution in [0.15, 0.2) is 6.07 Å². The molecule has 1 fully saturated rings. The summed E-state index contributed by atoms with van der Waals surface area (Å²) in [7, 11) is 0. The minimum absolute atomic E-state index is 0.196. The monoisotopic (exact) mass is 265 g/mol. The van der Waals surface area contributed by atoms with Crippen molar-refractivity contribution in [2.45, 2.75) is 26.3 Å². The van der Waals surface area contributed by atoms with Gasteiger partial charge in [0, 0.05) is 25.7 Å². The van der Waals surface area contributed by atoms with Crippen LogP contribution in [0.1, 0.15) is 19.2 Å². The molecular formula is C13H23N5O. The van der Waals surface area contributed by atoms with E-state index in [1.54, 1.807) is 0 Å². The molecule has 0 amide bonds. The molecule has 2 heterocycles. The van der Waals surface area contributed by atoms with Crippen molar-refractivity contribution < 1.29 is 4.74 Å². The van der Waals surface area contributed by atoms with Gasteiger partial charge >= 0.3 is 0 Å². The first-order chi connectivity index (χ1) is 9.24. The Morgan fingerprint density at radius 2 is 2.37 bits per heavy atom. The number of anilines is 2. The van der Waals surface area contributed by atoms with Gasteiger partial charge in [-0.25, -0.2) is 9.97 Å². The molecule has 6 nitrogen and oxygen atoms in total. The zero-order chi connectivity index (χ0) is 13.7. The number of aromatic nitrogens is 2. The molecule has 0 radical (unpaired) electrons. The molecule has 1 unspecified atom stereocenters. The van der Waals surface area contributed by atoms with Crippen LogP contribution in [0.4, 0.5) is 11.6 Å². The summed E-state index contributed by atoms with van der Waals surface area (Å²) in [5, 5.41) is 3.31. The van der Waals surface area contributed by atoms with Crippen molar-refractivity contribution in [3.8, 4) is 0 Å². The predicted octanol–water partition coefficient (Wildman–Crippen LogP) is 0.771. The maximum absolute atomic E-state index is 5.81. The van der Waals surface area contributed by atoms with Gasteiger partial charge in [0.05, 0.1) is 19.3 Å². The SMILES string of the molecule is CCCNc1cc(N2CCOCC2CN)nc(C)n1. The van der Waals surface area contributed by atoms with Crippen molar-refractivity contribution in [1.29, 1.82) is 0 Å². The van der Waals surface area contributed by atoms with Crippen LogP contribution < -0.4 is 16.0 Å². The highest BCUT2D eigenvalue weighted by Crippen LogP contribution is 2.20. The summed E-state index contributed by atoms with van der Waals surface area (Å²) in [6.45, 7) is 7.74. The van der Waals surface area contributed by atoms with Crippen LogP contribution in [-0.4, -0.2) is 48.9 Å². The molecule has 6 heteroatoms. The van der Waals surface area contributed by atoms with E-state index in [1.165, 1.54) is 0 Å². The first kappa shape index (κ1) is 14.0. The smallest absolute Gasteiger partial charge is 0.134 e. The first-order valence-electron chi connectivity index (χ1n) is 6.88. The fourth-order valence-corrected chi connectivity index (χ4v) is 2.19. The van der Waals surface area contributed by atoms with Crippen molar-refractivity contribution in [1.82, 2.24) is 9.97 Å². The normalized spacial score (nSPS) is 19.5. The van der Waals surface area contributed by atoms with Crippen LogP contribution in [0, 0.1) is 6.92 Å². The lowest BCUT2D eigenvalue weighted by Gasteiger charge is -2.36. The zero-order valence-electron chi connectivity index (χ0n) is 11.7. The molecule has 2 rings (SSSR count). The maximum atomic E-state index is 5.81. The second-order valence-electron chi connectivity index (χ2n) is 4.74. The molecule has 1 aliphatic rings. The molecule has 1 saturated heterocycles. The topological polar surface area (TPSA) is 76.3 Å². The van der Waals surface area contributed by atoms with Crippen LogP contribution in [-0.2, 0) is 4.74 Å². The molecular weight excluding hydrogens is 242 g/mol. The van der Waals surface area contributed by atoms with Gasteiger partial charge in [-0.05, 0) is 13.3 Å². The lowest BCUT2D eigenvalue weighted by Crippen LogP contribution is -2.50. The Morgan fingerprint density at radius 3 is 3.11 bits per heavy atom. The molecule has 1 aliphatic heterocycles. The number of nitrogens with two attached hydrogens (primary N) is 1. The Morgan fingerprint density at radius 1 is 1.53 bits per heavy atom. The van der Waals surface area contributed by atoms with E-state index < -0.39 is 0 Å². The predicted molar refractivity (Wildman–Crippen MR) is 76.6 cm³/mol. The molecule has 0 spiro atoms. The minimum atomic E-state index is 0.196. The number of aryl methyl sites for hydroxylation is 1. The third-order valence-electron chi connectivity index (χ3n) is 3.17. The van der Waals surface area contributed by atoms with E-state index in [9.17, 15) is 0 Å².